The van der Waals surface area contributed by atoms with Crippen LogP contribution in [0.5, 0.6) is 0 Å². The lowest BCUT2D eigenvalue weighted by Crippen LogP contribution is -2.42. The largest absolute Gasteiger partial charge is 0.396 e. The fourth-order valence-corrected chi connectivity index (χ4v) is 3.11. The van der Waals surface area contributed by atoms with Crippen LogP contribution in [0.25, 0.3) is 0 Å². The summed E-state index contributed by atoms with van der Waals surface area (Å²) in [5.74, 6) is -0.0100. The van der Waals surface area contributed by atoms with Gasteiger partial charge in [0.1, 0.15) is 0 Å². The molecule has 21 heavy (non-hydrogen) atoms. The predicted octanol–water partition coefficient (Wildman–Crippen LogP) is 1.29. The number of hydrogen-bond donors (Lipinski definition) is 2. The molecule has 1 aliphatic heterocycles. The van der Waals surface area contributed by atoms with Gasteiger partial charge in [0, 0.05) is 50.1 Å². The van der Waals surface area contributed by atoms with Gasteiger partial charge >= 0.3 is 0 Å². The van der Waals surface area contributed by atoms with Gasteiger partial charge in [-0.1, -0.05) is 13.8 Å². The lowest BCUT2D eigenvalue weighted by Gasteiger charge is -2.25. The van der Waals surface area contributed by atoms with E-state index in [2.05, 4.69) is 29.0 Å². The number of aliphatic hydroxyl groups excluding tert-OH is 1. The topological polar surface area (TPSA) is 65.5 Å². The zero-order valence-electron chi connectivity index (χ0n) is 12.8. The molecule has 1 aromatic heterocycles. The number of amides is 1. The summed E-state index contributed by atoms with van der Waals surface area (Å²) in [6.07, 6.45) is 5.41. The van der Waals surface area contributed by atoms with Gasteiger partial charge in [0.25, 0.3) is 5.91 Å². The van der Waals surface area contributed by atoms with E-state index in [9.17, 15) is 9.90 Å². The molecule has 1 saturated heterocycles. The van der Waals surface area contributed by atoms with Crippen LogP contribution in [0.3, 0.4) is 0 Å². The molecule has 0 aromatic carbocycles. The van der Waals surface area contributed by atoms with E-state index in [1.54, 1.807) is 24.5 Å². The maximum atomic E-state index is 12.2. The number of hydrogen-bond acceptors (Lipinski definition) is 4. The Labute approximate surface area is 126 Å². The van der Waals surface area contributed by atoms with Crippen molar-refractivity contribution in [3.05, 3.63) is 30.1 Å². The minimum atomic E-state index is -0.113. The normalized spacial score (nSPS) is 22.7. The Kier molecular flexibility index (Phi) is 5.70. The third-order valence-electron chi connectivity index (χ3n) is 4.40. The first-order valence-corrected chi connectivity index (χ1v) is 7.75. The van der Waals surface area contributed by atoms with Crippen molar-refractivity contribution in [2.75, 3.05) is 19.7 Å². The van der Waals surface area contributed by atoms with Gasteiger partial charge in [-0.05, 0) is 25.0 Å². The van der Waals surface area contributed by atoms with E-state index < -0.39 is 0 Å². The second-order valence-corrected chi connectivity index (χ2v) is 5.69. The van der Waals surface area contributed by atoms with Crippen LogP contribution in [0.15, 0.2) is 24.5 Å². The van der Waals surface area contributed by atoms with E-state index in [0.717, 1.165) is 25.9 Å². The quantitative estimate of drug-likeness (QED) is 0.829. The number of pyridine rings is 1. The summed E-state index contributed by atoms with van der Waals surface area (Å²) in [7, 11) is 0. The van der Waals surface area contributed by atoms with Crippen LogP contribution in [0.1, 0.15) is 37.0 Å². The lowest BCUT2D eigenvalue weighted by molar-refractivity contribution is 0.0920. The Balaban J connectivity index is 2.00. The highest BCUT2D eigenvalue weighted by molar-refractivity contribution is 5.94. The molecule has 1 aliphatic rings. The zero-order valence-corrected chi connectivity index (χ0v) is 12.8. The van der Waals surface area contributed by atoms with Crippen molar-refractivity contribution in [1.82, 2.24) is 15.2 Å². The molecule has 2 rings (SSSR count). The number of carbonyl (C=O) groups excluding carboxylic acids is 1. The van der Waals surface area contributed by atoms with Gasteiger partial charge in [0.15, 0.2) is 0 Å². The molecule has 5 nitrogen and oxygen atoms in total. The number of nitrogens with zero attached hydrogens (tertiary/aromatic N) is 2. The molecule has 2 atom stereocenters. The van der Waals surface area contributed by atoms with E-state index in [-0.39, 0.29) is 24.5 Å². The SMILES string of the molecule is CCC(CC)N1C[C@@H](CO)[C@H](NC(=O)c2cccnc2)C1. The standard InChI is InChI=1S/C16H25N3O2/c1-3-14(4-2)19-9-13(11-20)15(10-19)18-16(21)12-6-5-7-17-8-12/h5-8,13-15,20H,3-4,9-11H2,1-2H3,(H,18,21)/t13-,15+/m0/s1. The van der Waals surface area contributed by atoms with Crippen LogP contribution in [0.2, 0.25) is 0 Å². The van der Waals surface area contributed by atoms with Gasteiger partial charge in [0.05, 0.1) is 5.56 Å². The van der Waals surface area contributed by atoms with Gasteiger partial charge in [-0.2, -0.15) is 0 Å². The average molecular weight is 291 g/mol. The third kappa shape index (κ3) is 3.80. The molecule has 2 heterocycles. The highest BCUT2D eigenvalue weighted by atomic mass is 16.3. The molecular weight excluding hydrogens is 266 g/mol. The van der Waals surface area contributed by atoms with Crippen molar-refractivity contribution in [3.63, 3.8) is 0 Å². The first-order chi connectivity index (χ1) is 10.2. The molecule has 2 N–H and O–H groups in total. The summed E-state index contributed by atoms with van der Waals surface area (Å²) in [4.78, 5) is 18.6. The zero-order chi connectivity index (χ0) is 15.2. The van der Waals surface area contributed by atoms with Crippen LogP contribution in [0, 0.1) is 5.92 Å². The van der Waals surface area contributed by atoms with Gasteiger partial charge in [-0.25, -0.2) is 0 Å². The maximum Gasteiger partial charge on any atom is 0.253 e. The molecule has 0 spiro atoms. The summed E-state index contributed by atoms with van der Waals surface area (Å²) < 4.78 is 0. The van der Waals surface area contributed by atoms with Crippen LogP contribution < -0.4 is 5.32 Å². The van der Waals surface area contributed by atoms with Crippen molar-refractivity contribution >= 4 is 5.91 Å². The van der Waals surface area contributed by atoms with Gasteiger partial charge < -0.3 is 10.4 Å². The van der Waals surface area contributed by atoms with E-state index in [1.807, 2.05) is 0 Å². The summed E-state index contributed by atoms with van der Waals surface area (Å²) >= 11 is 0. The molecule has 0 bridgehead atoms. The average Bonchev–Trinajstić information content (AvgIpc) is 2.92. The molecule has 1 aromatic rings. The highest BCUT2D eigenvalue weighted by Gasteiger charge is 2.35. The molecule has 116 valence electrons. The molecule has 1 amide bonds. The van der Waals surface area contributed by atoms with E-state index in [1.165, 1.54) is 0 Å². The van der Waals surface area contributed by atoms with E-state index in [4.69, 9.17) is 0 Å². The molecule has 5 heteroatoms. The highest BCUT2D eigenvalue weighted by Crippen LogP contribution is 2.22. The first-order valence-electron chi connectivity index (χ1n) is 7.75. The minimum Gasteiger partial charge on any atom is -0.396 e. The Morgan fingerprint density at radius 3 is 2.81 bits per heavy atom. The monoisotopic (exact) mass is 291 g/mol. The lowest BCUT2D eigenvalue weighted by atomic mass is 10.0. The van der Waals surface area contributed by atoms with E-state index in [0.29, 0.717) is 11.6 Å². The number of likely N-dealkylation sites (tertiary alicyclic amines) is 1. The Bertz CT molecular complexity index is 448. The summed E-state index contributed by atoms with van der Waals surface area (Å²) in [5, 5.41) is 12.6. The Morgan fingerprint density at radius 1 is 1.48 bits per heavy atom. The maximum absolute atomic E-state index is 12.2. The smallest absolute Gasteiger partial charge is 0.253 e. The number of aliphatic hydroxyl groups is 1. The van der Waals surface area contributed by atoms with Crippen LogP contribution >= 0.6 is 0 Å². The molecule has 1 fully saturated rings. The van der Waals surface area contributed by atoms with Crippen molar-refractivity contribution in [2.24, 2.45) is 5.92 Å². The van der Waals surface area contributed by atoms with Gasteiger partial charge in [-0.15, -0.1) is 0 Å². The van der Waals surface area contributed by atoms with Crippen molar-refractivity contribution < 1.29 is 9.90 Å². The molecule has 0 aliphatic carbocycles. The Morgan fingerprint density at radius 2 is 2.24 bits per heavy atom. The number of carbonyl (C=O) groups is 1. The summed E-state index contributed by atoms with van der Waals surface area (Å²) in [5.41, 5.74) is 0.565. The predicted molar refractivity (Wildman–Crippen MR) is 82.0 cm³/mol. The van der Waals surface area contributed by atoms with Crippen LogP contribution in [-0.2, 0) is 0 Å². The molecule has 0 radical (unpaired) electrons. The van der Waals surface area contributed by atoms with Crippen LogP contribution in [0.4, 0.5) is 0 Å². The van der Waals surface area contributed by atoms with Crippen molar-refractivity contribution in [1.29, 1.82) is 0 Å². The van der Waals surface area contributed by atoms with Crippen molar-refractivity contribution in [3.8, 4) is 0 Å². The fraction of sp³-hybridized carbons (Fsp3) is 0.625. The molecule has 0 unspecified atom stereocenters. The second-order valence-electron chi connectivity index (χ2n) is 5.69. The third-order valence-corrected chi connectivity index (χ3v) is 4.40. The molecule has 0 saturated carbocycles. The summed E-state index contributed by atoms with van der Waals surface area (Å²) in [6.45, 7) is 6.13. The number of aromatic nitrogens is 1. The fourth-order valence-electron chi connectivity index (χ4n) is 3.11. The van der Waals surface area contributed by atoms with Crippen molar-refractivity contribution in [2.45, 2.75) is 38.8 Å². The van der Waals surface area contributed by atoms with Gasteiger partial charge in [0.2, 0.25) is 0 Å². The van der Waals surface area contributed by atoms with E-state index >= 15 is 0 Å². The van der Waals surface area contributed by atoms with Gasteiger partial charge in [-0.3, -0.25) is 14.7 Å². The van der Waals surface area contributed by atoms with Crippen LogP contribution in [-0.4, -0.2) is 52.7 Å². The molecular formula is C16H25N3O2. The Hall–Kier alpha value is -1.46. The second kappa shape index (κ2) is 7.52. The number of rotatable bonds is 6. The minimum absolute atomic E-state index is 0.00306. The first kappa shape index (κ1) is 15.9. The summed E-state index contributed by atoms with van der Waals surface area (Å²) in [6, 6.07) is 4.04. The number of nitrogens with one attached hydrogen (secondary N) is 1.